The largest absolute Gasteiger partial charge is 0.497 e. The third kappa shape index (κ3) is 3.44. The third-order valence-corrected chi connectivity index (χ3v) is 3.22. The number of aromatic nitrogens is 1. The van der Waals surface area contributed by atoms with Crippen molar-refractivity contribution in [2.24, 2.45) is 0 Å². The van der Waals surface area contributed by atoms with Gasteiger partial charge in [-0.1, -0.05) is 6.07 Å². The zero-order chi connectivity index (χ0) is 16.1. The Labute approximate surface area is 128 Å². The number of carboxylic acids is 1. The van der Waals surface area contributed by atoms with Gasteiger partial charge in [0.25, 0.3) is 0 Å². The summed E-state index contributed by atoms with van der Waals surface area (Å²) in [5, 5.41) is 8.68. The van der Waals surface area contributed by atoms with Gasteiger partial charge in [-0.05, 0) is 36.8 Å². The first-order valence-electron chi connectivity index (χ1n) is 6.66. The van der Waals surface area contributed by atoms with Crippen LogP contribution in [0.5, 0.6) is 11.5 Å². The van der Waals surface area contributed by atoms with Crippen LogP contribution in [0.4, 0.5) is 0 Å². The van der Waals surface area contributed by atoms with Crippen LogP contribution in [0, 0.1) is 6.92 Å². The van der Waals surface area contributed by atoms with Crippen molar-refractivity contribution in [3.63, 3.8) is 0 Å². The number of rotatable bonds is 5. The second kappa shape index (κ2) is 6.76. The number of hydrogen-bond donors (Lipinski definition) is 1. The fourth-order valence-corrected chi connectivity index (χ4v) is 2.07. The molecule has 0 bridgehead atoms. The van der Waals surface area contributed by atoms with Gasteiger partial charge in [0.05, 0.1) is 19.9 Å². The molecule has 0 amide bonds. The summed E-state index contributed by atoms with van der Waals surface area (Å²) in [7, 11) is 3.19. The molecule has 0 saturated carbocycles. The highest BCUT2D eigenvalue weighted by molar-refractivity contribution is 5.85. The quantitative estimate of drug-likeness (QED) is 0.859. The Kier molecular flexibility index (Phi) is 4.78. The van der Waals surface area contributed by atoms with E-state index in [0.29, 0.717) is 11.5 Å². The van der Waals surface area contributed by atoms with Crippen LogP contribution in [-0.4, -0.2) is 30.3 Å². The van der Waals surface area contributed by atoms with Gasteiger partial charge in [-0.2, -0.15) is 0 Å². The number of nitrogens with zero attached hydrogens (tertiary/aromatic N) is 1. The van der Waals surface area contributed by atoms with E-state index in [0.717, 1.165) is 28.6 Å². The Morgan fingerprint density at radius 3 is 2.55 bits per heavy atom. The Morgan fingerprint density at radius 1 is 1.18 bits per heavy atom. The first kappa shape index (κ1) is 15.6. The van der Waals surface area contributed by atoms with E-state index in [9.17, 15) is 4.79 Å². The average Bonchev–Trinajstić information content (AvgIpc) is 2.52. The minimum Gasteiger partial charge on any atom is -0.497 e. The number of carboxylic acid groups (broad SMARTS) is 1. The first-order chi connectivity index (χ1) is 10.5. The van der Waals surface area contributed by atoms with Crippen LogP contribution in [-0.2, 0) is 4.79 Å². The maximum atomic E-state index is 10.6. The van der Waals surface area contributed by atoms with Gasteiger partial charge in [-0.3, -0.25) is 4.98 Å². The van der Waals surface area contributed by atoms with E-state index in [1.54, 1.807) is 20.3 Å². The Hall–Kier alpha value is -2.82. The van der Waals surface area contributed by atoms with Crippen molar-refractivity contribution in [2.75, 3.05) is 14.2 Å². The van der Waals surface area contributed by atoms with E-state index in [2.05, 4.69) is 4.98 Å². The molecule has 0 unspecified atom stereocenters. The SMILES string of the molecule is COc1ccc(-c2ccc(/C=C/C(=O)O)c(C)n2)c(OC)c1. The molecule has 5 nitrogen and oxygen atoms in total. The van der Waals surface area contributed by atoms with Crippen molar-refractivity contribution >= 4 is 12.0 Å². The molecule has 1 N–H and O–H groups in total. The van der Waals surface area contributed by atoms with Gasteiger partial charge in [0, 0.05) is 23.4 Å². The Morgan fingerprint density at radius 2 is 1.95 bits per heavy atom. The van der Waals surface area contributed by atoms with Gasteiger partial charge >= 0.3 is 5.97 Å². The molecule has 2 rings (SSSR count). The van der Waals surface area contributed by atoms with Crippen LogP contribution in [0.1, 0.15) is 11.3 Å². The molecule has 114 valence electrons. The number of aryl methyl sites for hydroxylation is 1. The molecule has 0 aliphatic heterocycles. The lowest BCUT2D eigenvalue weighted by molar-refractivity contribution is -0.131. The highest BCUT2D eigenvalue weighted by atomic mass is 16.5. The van der Waals surface area contributed by atoms with Crippen LogP contribution in [0.2, 0.25) is 0 Å². The van der Waals surface area contributed by atoms with Crippen molar-refractivity contribution in [1.82, 2.24) is 4.98 Å². The summed E-state index contributed by atoms with van der Waals surface area (Å²) in [6.07, 6.45) is 2.62. The zero-order valence-electron chi connectivity index (χ0n) is 12.7. The minimum atomic E-state index is -0.986. The second-order valence-corrected chi connectivity index (χ2v) is 4.61. The predicted octanol–water partition coefficient (Wildman–Crippen LogP) is 3.17. The Bertz CT molecular complexity index is 723. The fourth-order valence-electron chi connectivity index (χ4n) is 2.07. The lowest BCUT2D eigenvalue weighted by Gasteiger charge is -2.11. The van der Waals surface area contributed by atoms with Gasteiger partial charge in [0.2, 0.25) is 0 Å². The standard InChI is InChI=1S/C17H17NO4/c1-11-12(5-9-17(19)20)4-8-15(18-11)14-7-6-13(21-2)10-16(14)22-3/h4-10H,1-3H3,(H,19,20)/b9-5+. The van der Waals surface area contributed by atoms with Gasteiger partial charge in [-0.25, -0.2) is 4.79 Å². The number of carbonyl (C=O) groups is 1. The third-order valence-electron chi connectivity index (χ3n) is 3.22. The summed E-state index contributed by atoms with van der Waals surface area (Å²) >= 11 is 0. The molecule has 2 aromatic rings. The van der Waals surface area contributed by atoms with E-state index in [1.807, 2.05) is 31.2 Å². The van der Waals surface area contributed by atoms with Gasteiger partial charge in [0.15, 0.2) is 0 Å². The molecule has 0 radical (unpaired) electrons. The number of pyridine rings is 1. The van der Waals surface area contributed by atoms with Crippen molar-refractivity contribution in [1.29, 1.82) is 0 Å². The van der Waals surface area contributed by atoms with Crippen LogP contribution in [0.25, 0.3) is 17.3 Å². The van der Waals surface area contributed by atoms with E-state index in [1.165, 1.54) is 6.08 Å². The molecule has 0 fully saturated rings. The zero-order valence-corrected chi connectivity index (χ0v) is 12.7. The van der Waals surface area contributed by atoms with Crippen molar-refractivity contribution in [3.05, 3.63) is 47.7 Å². The minimum absolute atomic E-state index is 0.667. The monoisotopic (exact) mass is 299 g/mol. The molecule has 1 aromatic carbocycles. The van der Waals surface area contributed by atoms with E-state index in [4.69, 9.17) is 14.6 Å². The summed E-state index contributed by atoms with van der Waals surface area (Å²) in [4.78, 5) is 15.1. The number of hydrogen-bond acceptors (Lipinski definition) is 4. The van der Waals surface area contributed by atoms with Crippen LogP contribution < -0.4 is 9.47 Å². The average molecular weight is 299 g/mol. The predicted molar refractivity (Wildman–Crippen MR) is 84.2 cm³/mol. The summed E-state index contributed by atoms with van der Waals surface area (Å²) in [6, 6.07) is 9.18. The van der Waals surface area contributed by atoms with Crippen LogP contribution >= 0.6 is 0 Å². The molecule has 1 heterocycles. The molecule has 0 aliphatic carbocycles. The maximum absolute atomic E-state index is 10.6. The normalized spacial score (nSPS) is 10.7. The van der Waals surface area contributed by atoms with Gasteiger partial charge < -0.3 is 14.6 Å². The van der Waals surface area contributed by atoms with Crippen molar-refractivity contribution < 1.29 is 19.4 Å². The van der Waals surface area contributed by atoms with Gasteiger partial charge in [0.1, 0.15) is 11.5 Å². The first-order valence-corrected chi connectivity index (χ1v) is 6.66. The molecule has 0 atom stereocenters. The van der Waals surface area contributed by atoms with Crippen molar-refractivity contribution in [2.45, 2.75) is 6.92 Å². The van der Waals surface area contributed by atoms with E-state index >= 15 is 0 Å². The number of ether oxygens (including phenoxy) is 2. The summed E-state index contributed by atoms with van der Waals surface area (Å²) in [6.45, 7) is 1.83. The molecule has 1 aromatic heterocycles. The van der Waals surface area contributed by atoms with Gasteiger partial charge in [-0.15, -0.1) is 0 Å². The second-order valence-electron chi connectivity index (χ2n) is 4.61. The number of methoxy groups -OCH3 is 2. The smallest absolute Gasteiger partial charge is 0.328 e. The highest BCUT2D eigenvalue weighted by Gasteiger charge is 2.10. The van der Waals surface area contributed by atoms with E-state index < -0.39 is 5.97 Å². The lowest BCUT2D eigenvalue weighted by Crippen LogP contribution is -1.95. The molecule has 0 aliphatic rings. The molecule has 22 heavy (non-hydrogen) atoms. The summed E-state index contributed by atoms with van der Waals surface area (Å²) in [5.74, 6) is 0.388. The molecule has 0 spiro atoms. The molecule has 5 heteroatoms. The topological polar surface area (TPSA) is 68.7 Å². The molecular formula is C17H17NO4. The number of benzene rings is 1. The summed E-state index contributed by atoms with van der Waals surface area (Å²) in [5.41, 5.74) is 3.11. The fraction of sp³-hybridized carbons (Fsp3) is 0.176. The van der Waals surface area contributed by atoms with Crippen LogP contribution in [0.3, 0.4) is 0 Å². The maximum Gasteiger partial charge on any atom is 0.328 e. The van der Waals surface area contributed by atoms with Crippen molar-refractivity contribution in [3.8, 4) is 22.8 Å². The number of aliphatic carboxylic acids is 1. The van der Waals surface area contributed by atoms with Crippen LogP contribution in [0.15, 0.2) is 36.4 Å². The Balaban J connectivity index is 2.42. The lowest BCUT2D eigenvalue weighted by atomic mass is 10.1. The van der Waals surface area contributed by atoms with E-state index in [-0.39, 0.29) is 0 Å². The highest BCUT2D eigenvalue weighted by Crippen LogP contribution is 2.32. The summed E-state index contributed by atoms with van der Waals surface area (Å²) < 4.78 is 10.6. The molecular weight excluding hydrogens is 282 g/mol. The molecule has 0 saturated heterocycles.